The Kier molecular flexibility index (Phi) is 3.16. The lowest BCUT2D eigenvalue weighted by Crippen LogP contribution is -2.07. The molecule has 18 heavy (non-hydrogen) atoms. The van der Waals surface area contributed by atoms with Gasteiger partial charge in [0.25, 0.3) is 0 Å². The summed E-state index contributed by atoms with van der Waals surface area (Å²) in [4.78, 5) is 0. The largest absolute Gasteiger partial charge is 0.508 e. The third-order valence-corrected chi connectivity index (χ3v) is 4.35. The molecule has 0 spiro atoms. The van der Waals surface area contributed by atoms with E-state index in [-0.39, 0.29) is 0 Å². The summed E-state index contributed by atoms with van der Waals surface area (Å²) in [5, 5.41) is 13.1. The molecular formula is C15H14INO. The lowest BCUT2D eigenvalue weighted by atomic mass is 10.1. The smallest absolute Gasteiger partial charge is 0.115 e. The minimum atomic E-state index is 0.358. The number of para-hydroxylation sites is 1. The number of aromatic hydroxyl groups is 1. The molecule has 2 N–H and O–H groups in total. The summed E-state index contributed by atoms with van der Waals surface area (Å²) in [7, 11) is 0. The quantitative estimate of drug-likeness (QED) is 0.799. The van der Waals surface area contributed by atoms with E-state index in [9.17, 15) is 5.11 Å². The van der Waals surface area contributed by atoms with E-state index in [1.807, 2.05) is 18.2 Å². The maximum Gasteiger partial charge on any atom is 0.115 e. The number of rotatable bonds is 2. The Labute approximate surface area is 120 Å². The first-order valence-corrected chi connectivity index (χ1v) is 7.15. The van der Waals surface area contributed by atoms with Crippen molar-refractivity contribution in [2.24, 2.45) is 0 Å². The average Bonchev–Trinajstić information content (AvgIpc) is 2.74. The summed E-state index contributed by atoms with van der Waals surface area (Å²) in [5.41, 5.74) is 3.76. The molecule has 1 unspecified atom stereocenters. The van der Waals surface area contributed by atoms with Crippen LogP contribution in [-0.2, 0) is 6.42 Å². The zero-order chi connectivity index (χ0) is 12.5. The van der Waals surface area contributed by atoms with E-state index in [4.69, 9.17) is 0 Å². The van der Waals surface area contributed by atoms with Crippen molar-refractivity contribution in [3.8, 4) is 5.75 Å². The normalized spacial score (nSPS) is 17.5. The Bertz CT molecular complexity index is 582. The van der Waals surface area contributed by atoms with Crippen molar-refractivity contribution in [2.75, 3.05) is 5.32 Å². The van der Waals surface area contributed by atoms with E-state index < -0.39 is 0 Å². The van der Waals surface area contributed by atoms with E-state index in [1.54, 1.807) is 6.07 Å². The number of aryl methyl sites for hydroxylation is 1. The molecule has 3 heteroatoms. The summed E-state index contributed by atoms with van der Waals surface area (Å²) < 4.78 is 1.24. The Morgan fingerprint density at radius 1 is 1.17 bits per heavy atom. The molecule has 0 bridgehead atoms. The predicted octanol–water partition coefficient (Wildman–Crippen LogP) is 4.10. The highest BCUT2D eigenvalue weighted by Gasteiger charge is 2.22. The molecule has 0 amide bonds. The summed E-state index contributed by atoms with van der Waals surface area (Å²) in [6.07, 6.45) is 2.12. The summed E-state index contributed by atoms with van der Waals surface area (Å²) in [6.45, 7) is 0. The van der Waals surface area contributed by atoms with Crippen molar-refractivity contribution in [2.45, 2.75) is 18.9 Å². The van der Waals surface area contributed by atoms with Gasteiger partial charge in [0.1, 0.15) is 5.75 Å². The summed E-state index contributed by atoms with van der Waals surface area (Å²) >= 11 is 2.35. The highest BCUT2D eigenvalue weighted by atomic mass is 127. The average molecular weight is 351 g/mol. The monoisotopic (exact) mass is 351 g/mol. The summed E-state index contributed by atoms with van der Waals surface area (Å²) in [6, 6.07) is 14.4. The van der Waals surface area contributed by atoms with Crippen LogP contribution in [0.4, 0.5) is 5.69 Å². The van der Waals surface area contributed by atoms with Crippen LogP contribution in [0, 0.1) is 3.57 Å². The second-order valence-corrected chi connectivity index (χ2v) is 5.76. The molecule has 0 fully saturated rings. The molecule has 1 atom stereocenters. The van der Waals surface area contributed by atoms with Crippen LogP contribution < -0.4 is 5.32 Å². The molecule has 2 nitrogen and oxygen atoms in total. The molecule has 0 aromatic heterocycles. The third kappa shape index (κ3) is 2.19. The molecule has 3 rings (SSSR count). The molecular weight excluding hydrogens is 337 g/mol. The lowest BCUT2D eigenvalue weighted by Gasteiger charge is -2.16. The van der Waals surface area contributed by atoms with Gasteiger partial charge in [-0.15, -0.1) is 0 Å². The summed E-state index contributed by atoms with van der Waals surface area (Å²) in [5.74, 6) is 0.365. The van der Waals surface area contributed by atoms with Crippen molar-refractivity contribution < 1.29 is 5.11 Å². The second-order valence-electron chi connectivity index (χ2n) is 4.60. The van der Waals surface area contributed by atoms with Crippen molar-refractivity contribution in [1.29, 1.82) is 0 Å². The van der Waals surface area contributed by atoms with E-state index in [0.717, 1.165) is 12.8 Å². The van der Waals surface area contributed by atoms with Crippen LogP contribution in [-0.4, -0.2) is 5.11 Å². The van der Waals surface area contributed by atoms with E-state index in [2.05, 4.69) is 46.1 Å². The van der Waals surface area contributed by atoms with Crippen LogP contribution in [0.25, 0.3) is 0 Å². The van der Waals surface area contributed by atoms with Crippen molar-refractivity contribution in [3.63, 3.8) is 0 Å². The number of anilines is 1. The van der Waals surface area contributed by atoms with Gasteiger partial charge in [-0.1, -0.05) is 18.2 Å². The first kappa shape index (κ1) is 11.8. The highest BCUT2D eigenvalue weighted by Crippen LogP contribution is 2.36. The molecule has 0 saturated carbocycles. The fourth-order valence-electron chi connectivity index (χ4n) is 2.52. The van der Waals surface area contributed by atoms with E-state index in [0.29, 0.717) is 11.8 Å². The van der Waals surface area contributed by atoms with Crippen LogP contribution in [0.1, 0.15) is 23.6 Å². The molecule has 0 radical (unpaired) electrons. The number of hydrogen-bond acceptors (Lipinski definition) is 2. The number of hydrogen-bond donors (Lipinski definition) is 2. The fourth-order valence-corrected chi connectivity index (χ4v) is 3.06. The SMILES string of the molecule is Oc1ccc2c(c1)CCC2Nc1ccccc1I. The van der Waals surface area contributed by atoms with Gasteiger partial charge in [0.15, 0.2) is 0 Å². The molecule has 0 aliphatic heterocycles. The fraction of sp³-hybridized carbons (Fsp3) is 0.200. The number of nitrogens with one attached hydrogen (secondary N) is 1. The maximum atomic E-state index is 9.49. The zero-order valence-corrected chi connectivity index (χ0v) is 12.0. The Balaban J connectivity index is 1.87. The predicted molar refractivity (Wildman–Crippen MR) is 82.0 cm³/mol. The highest BCUT2D eigenvalue weighted by molar-refractivity contribution is 14.1. The Morgan fingerprint density at radius 2 is 2.00 bits per heavy atom. The Morgan fingerprint density at radius 3 is 2.83 bits per heavy atom. The lowest BCUT2D eigenvalue weighted by molar-refractivity contribution is 0.474. The number of benzene rings is 2. The van der Waals surface area contributed by atoms with Crippen molar-refractivity contribution >= 4 is 28.3 Å². The van der Waals surface area contributed by atoms with Crippen LogP contribution in [0.2, 0.25) is 0 Å². The van der Waals surface area contributed by atoms with Gasteiger partial charge in [0, 0.05) is 9.26 Å². The van der Waals surface area contributed by atoms with Crippen LogP contribution >= 0.6 is 22.6 Å². The first-order valence-electron chi connectivity index (χ1n) is 6.07. The van der Waals surface area contributed by atoms with Gasteiger partial charge >= 0.3 is 0 Å². The van der Waals surface area contributed by atoms with Crippen LogP contribution in [0.15, 0.2) is 42.5 Å². The molecule has 2 aromatic carbocycles. The minimum absolute atomic E-state index is 0.358. The molecule has 0 saturated heterocycles. The topological polar surface area (TPSA) is 32.3 Å². The van der Waals surface area contributed by atoms with Crippen LogP contribution in [0.3, 0.4) is 0 Å². The number of phenols is 1. The van der Waals surface area contributed by atoms with Gasteiger partial charge in [0.2, 0.25) is 0 Å². The van der Waals surface area contributed by atoms with Gasteiger partial charge in [-0.05, 0) is 70.8 Å². The molecule has 92 valence electrons. The van der Waals surface area contributed by atoms with Gasteiger partial charge in [-0.25, -0.2) is 0 Å². The van der Waals surface area contributed by atoms with Crippen molar-refractivity contribution in [1.82, 2.24) is 0 Å². The first-order chi connectivity index (χ1) is 8.74. The molecule has 1 aliphatic rings. The van der Waals surface area contributed by atoms with E-state index in [1.165, 1.54) is 20.4 Å². The number of phenolic OH excluding ortho intramolecular Hbond substituents is 1. The third-order valence-electron chi connectivity index (χ3n) is 3.41. The number of halogens is 1. The minimum Gasteiger partial charge on any atom is -0.508 e. The van der Waals surface area contributed by atoms with Gasteiger partial charge < -0.3 is 10.4 Å². The van der Waals surface area contributed by atoms with Crippen molar-refractivity contribution in [3.05, 3.63) is 57.2 Å². The molecule has 1 aliphatic carbocycles. The molecule has 2 aromatic rings. The zero-order valence-electron chi connectivity index (χ0n) is 9.86. The van der Waals surface area contributed by atoms with E-state index >= 15 is 0 Å². The van der Waals surface area contributed by atoms with Gasteiger partial charge in [-0.2, -0.15) is 0 Å². The molecule has 0 heterocycles. The Hall–Kier alpha value is -1.23. The van der Waals surface area contributed by atoms with Gasteiger partial charge in [-0.3, -0.25) is 0 Å². The van der Waals surface area contributed by atoms with Crippen LogP contribution in [0.5, 0.6) is 5.75 Å². The number of fused-ring (bicyclic) bond motifs is 1. The maximum absolute atomic E-state index is 9.49. The standard InChI is InChI=1S/C15H14INO/c16-13-3-1-2-4-15(13)17-14-8-5-10-9-11(18)6-7-12(10)14/h1-4,6-7,9,14,17-18H,5,8H2. The second kappa shape index (κ2) is 4.80. The van der Waals surface area contributed by atoms with Gasteiger partial charge in [0.05, 0.1) is 6.04 Å².